The third-order valence-corrected chi connectivity index (χ3v) is 4.26. The molecule has 1 aliphatic heterocycles. The molecule has 0 radical (unpaired) electrons. The van der Waals surface area contributed by atoms with Crippen molar-refractivity contribution in [1.29, 1.82) is 0 Å². The summed E-state index contributed by atoms with van der Waals surface area (Å²) in [6.07, 6.45) is 5.33. The lowest BCUT2D eigenvalue weighted by Crippen LogP contribution is -2.41. The van der Waals surface area contributed by atoms with Crippen LogP contribution in [-0.4, -0.2) is 12.6 Å². The highest BCUT2D eigenvalue weighted by Crippen LogP contribution is 2.48. The summed E-state index contributed by atoms with van der Waals surface area (Å²) < 4.78 is 0. The van der Waals surface area contributed by atoms with Gasteiger partial charge in [0, 0.05) is 18.0 Å². The van der Waals surface area contributed by atoms with Gasteiger partial charge in [-0.05, 0) is 30.4 Å². The van der Waals surface area contributed by atoms with Crippen LogP contribution in [0.2, 0.25) is 0 Å². The zero-order valence-corrected chi connectivity index (χ0v) is 9.42. The van der Waals surface area contributed by atoms with E-state index in [2.05, 4.69) is 36.5 Å². The van der Waals surface area contributed by atoms with Crippen LogP contribution in [0.3, 0.4) is 0 Å². The van der Waals surface area contributed by atoms with Crippen molar-refractivity contribution in [2.24, 2.45) is 0 Å². The molecule has 0 amide bonds. The number of hydrogen-bond donors (Lipinski definition) is 1. The zero-order valence-electron chi connectivity index (χ0n) is 9.42. The van der Waals surface area contributed by atoms with Gasteiger partial charge in [-0.2, -0.15) is 0 Å². The third-order valence-electron chi connectivity index (χ3n) is 4.26. The predicted octanol–water partition coefficient (Wildman–Crippen LogP) is 2.64. The first-order valence-corrected chi connectivity index (χ1v) is 6.18. The first-order valence-electron chi connectivity index (χ1n) is 6.18. The fourth-order valence-corrected chi connectivity index (χ4v) is 2.92. The molecular formula is C14H19N. The van der Waals surface area contributed by atoms with E-state index in [4.69, 9.17) is 0 Å². The molecule has 3 rings (SSSR count). The molecule has 80 valence electrons. The average molecular weight is 201 g/mol. The second kappa shape index (κ2) is 3.34. The number of rotatable bonds is 3. The summed E-state index contributed by atoms with van der Waals surface area (Å²) in [7, 11) is 0. The topological polar surface area (TPSA) is 21.9 Å². The lowest BCUT2D eigenvalue weighted by atomic mass is 9.62. The molecular weight excluding hydrogens is 182 g/mol. The van der Waals surface area contributed by atoms with Crippen molar-refractivity contribution in [2.45, 2.75) is 44.1 Å². The van der Waals surface area contributed by atoms with Crippen LogP contribution in [0.25, 0.3) is 0 Å². The molecule has 1 heterocycles. The molecule has 1 unspecified atom stereocenters. The summed E-state index contributed by atoms with van der Waals surface area (Å²) in [5.41, 5.74) is 3.53. The second-order valence-corrected chi connectivity index (χ2v) is 5.02. The summed E-state index contributed by atoms with van der Waals surface area (Å²) in [6.45, 7) is 3.45. The van der Waals surface area contributed by atoms with Gasteiger partial charge in [0.1, 0.15) is 0 Å². The fraction of sp³-hybridized carbons (Fsp3) is 0.571. The van der Waals surface area contributed by atoms with Gasteiger partial charge >= 0.3 is 0 Å². The van der Waals surface area contributed by atoms with E-state index in [0.29, 0.717) is 5.41 Å². The van der Waals surface area contributed by atoms with E-state index in [1.807, 2.05) is 0 Å². The first-order chi connectivity index (χ1) is 7.35. The molecule has 1 aromatic carbocycles. The highest BCUT2D eigenvalue weighted by atomic mass is 15.1. The van der Waals surface area contributed by atoms with Crippen molar-refractivity contribution in [3.8, 4) is 0 Å². The van der Waals surface area contributed by atoms with Crippen molar-refractivity contribution < 1.29 is 0 Å². The van der Waals surface area contributed by atoms with E-state index in [0.717, 1.165) is 12.5 Å². The molecule has 15 heavy (non-hydrogen) atoms. The van der Waals surface area contributed by atoms with Crippen LogP contribution in [0.5, 0.6) is 0 Å². The van der Waals surface area contributed by atoms with E-state index in [9.17, 15) is 0 Å². The molecule has 2 fully saturated rings. The molecule has 1 aliphatic carbocycles. The van der Waals surface area contributed by atoms with E-state index in [-0.39, 0.29) is 0 Å². The molecule has 0 aromatic heterocycles. The standard InChI is InChI=1S/C14H19N/c1-2-11-4-6-12(7-5-11)14(8-3-9-14)13-10-15-13/h4-7,13,15H,2-3,8-10H2,1H3. The summed E-state index contributed by atoms with van der Waals surface area (Å²) >= 11 is 0. The Morgan fingerprint density at radius 2 is 1.93 bits per heavy atom. The van der Waals surface area contributed by atoms with Crippen molar-refractivity contribution in [3.05, 3.63) is 35.4 Å². The molecule has 1 atom stereocenters. The number of nitrogens with one attached hydrogen (secondary N) is 1. The van der Waals surface area contributed by atoms with Gasteiger partial charge in [0.25, 0.3) is 0 Å². The summed E-state index contributed by atoms with van der Waals surface area (Å²) in [5.74, 6) is 0. The molecule has 1 saturated carbocycles. The zero-order chi connectivity index (χ0) is 10.3. The lowest BCUT2D eigenvalue weighted by molar-refractivity contribution is 0.238. The van der Waals surface area contributed by atoms with Gasteiger partial charge in [0.2, 0.25) is 0 Å². The molecule has 1 aromatic rings. The minimum atomic E-state index is 0.506. The van der Waals surface area contributed by atoms with Crippen LogP contribution < -0.4 is 5.32 Å². The molecule has 0 spiro atoms. The van der Waals surface area contributed by atoms with E-state index >= 15 is 0 Å². The highest BCUT2D eigenvalue weighted by Gasteiger charge is 2.49. The largest absolute Gasteiger partial charge is 0.310 e. The molecule has 1 N–H and O–H groups in total. The van der Waals surface area contributed by atoms with Crippen molar-refractivity contribution in [2.75, 3.05) is 6.54 Å². The average Bonchev–Trinajstić information content (AvgIpc) is 3.02. The van der Waals surface area contributed by atoms with Crippen molar-refractivity contribution in [3.63, 3.8) is 0 Å². The number of aryl methyl sites for hydroxylation is 1. The Bertz CT molecular complexity index is 344. The fourth-order valence-electron chi connectivity index (χ4n) is 2.92. The first kappa shape index (κ1) is 9.41. The summed E-state index contributed by atoms with van der Waals surface area (Å²) in [5, 5.41) is 3.50. The minimum absolute atomic E-state index is 0.506. The Balaban J connectivity index is 1.90. The van der Waals surface area contributed by atoms with Crippen LogP contribution in [0.1, 0.15) is 37.3 Å². The Hall–Kier alpha value is -0.820. The molecule has 2 aliphatic rings. The van der Waals surface area contributed by atoms with Gasteiger partial charge in [-0.1, -0.05) is 37.6 Å². The Morgan fingerprint density at radius 3 is 2.33 bits per heavy atom. The van der Waals surface area contributed by atoms with Crippen molar-refractivity contribution >= 4 is 0 Å². The van der Waals surface area contributed by atoms with E-state index in [1.54, 1.807) is 5.56 Å². The third kappa shape index (κ3) is 1.41. The van der Waals surface area contributed by atoms with E-state index in [1.165, 1.54) is 31.4 Å². The minimum Gasteiger partial charge on any atom is -0.310 e. The Morgan fingerprint density at radius 1 is 1.27 bits per heavy atom. The van der Waals surface area contributed by atoms with Gasteiger partial charge < -0.3 is 5.32 Å². The smallest absolute Gasteiger partial charge is 0.0290 e. The summed E-state index contributed by atoms with van der Waals surface area (Å²) in [6, 6.07) is 10.1. The monoisotopic (exact) mass is 201 g/mol. The molecule has 1 saturated heterocycles. The Labute approximate surface area is 91.9 Å². The van der Waals surface area contributed by atoms with Gasteiger partial charge in [-0.15, -0.1) is 0 Å². The molecule has 1 heteroatoms. The highest BCUT2D eigenvalue weighted by molar-refractivity contribution is 5.35. The predicted molar refractivity (Wildman–Crippen MR) is 63.1 cm³/mol. The normalized spacial score (nSPS) is 27.1. The van der Waals surface area contributed by atoms with Crippen LogP contribution in [-0.2, 0) is 11.8 Å². The lowest BCUT2D eigenvalue weighted by Gasteiger charge is -2.42. The van der Waals surface area contributed by atoms with Gasteiger partial charge in [-0.25, -0.2) is 0 Å². The maximum Gasteiger partial charge on any atom is 0.0290 e. The van der Waals surface area contributed by atoms with Gasteiger partial charge in [-0.3, -0.25) is 0 Å². The van der Waals surface area contributed by atoms with Crippen LogP contribution in [0.4, 0.5) is 0 Å². The quantitative estimate of drug-likeness (QED) is 0.746. The second-order valence-electron chi connectivity index (χ2n) is 5.02. The summed E-state index contributed by atoms with van der Waals surface area (Å²) in [4.78, 5) is 0. The molecule has 0 bridgehead atoms. The van der Waals surface area contributed by atoms with E-state index < -0.39 is 0 Å². The number of hydrogen-bond acceptors (Lipinski definition) is 1. The molecule has 1 nitrogen and oxygen atoms in total. The Kier molecular flexibility index (Phi) is 2.10. The van der Waals surface area contributed by atoms with Crippen LogP contribution in [0.15, 0.2) is 24.3 Å². The number of benzene rings is 1. The maximum atomic E-state index is 3.50. The van der Waals surface area contributed by atoms with Gasteiger partial charge in [0.15, 0.2) is 0 Å². The van der Waals surface area contributed by atoms with Crippen LogP contribution >= 0.6 is 0 Å². The van der Waals surface area contributed by atoms with Gasteiger partial charge in [0.05, 0.1) is 0 Å². The maximum absolute atomic E-state index is 3.50. The van der Waals surface area contributed by atoms with Crippen molar-refractivity contribution in [1.82, 2.24) is 5.32 Å². The SMILES string of the molecule is CCc1ccc(C2(C3CN3)CCC2)cc1. The van der Waals surface area contributed by atoms with Crippen LogP contribution in [0, 0.1) is 0 Å².